The topological polar surface area (TPSA) is 59.6 Å². The number of halogens is 1. The highest BCUT2D eigenvalue weighted by Gasteiger charge is 2.22. The molecule has 2 rings (SSSR count). The molecule has 0 aromatic heterocycles. The van der Waals surface area contributed by atoms with Crippen molar-refractivity contribution in [3.05, 3.63) is 30.3 Å². The predicted octanol–water partition coefficient (Wildman–Crippen LogP) is 1.76. The third kappa shape index (κ3) is 6.64. The fraction of sp³-hybridized carbons (Fsp3) is 0.562. The van der Waals surface area contributed by atoms with E-state index in [1.165, 1.54) is 0 Å². The van der Waals surface area contributed by atoms with Crippen molar-refractivity contribution < 1.29 is 14.3 Å². The summed E-state index contributed by atoms with van der Waals surface area (Å²) < 4.78 is 10.8. The Hall–Kier alpha value is -1.30. The van der Waals surface area contributed by atoms with Gasteiger partial charge in [-0.3, -0.25) is 4.79 Å². The van der Waals surface area contributed by atoms with E-state index >= 15 is 0 Å². The van der Waals surface area contributed by atoms with E-state index in [4.69, 9.17) is 9.47 Å². The van der Waals surface area contributed by atoms with E-state index in [1.54, 1.807) is 0 Å². The number of hydrogen-bond acceptors (Lipinski definition) is 4. The predicted molar refractivity (Wildman–Crippen MR) is 88.6 cm³/mol. The molecule has 1 saturated heterocycles. The monoisotopic (exact) mass is 328 g/mol. The summed E-state index contributed by atoms with van der Waals surface area (Å²) in [5, 5.41) is 6.37. The number of para-hydroxylation sites is 1. The van der Waals surface area contributed by atoms with Crippen molar-refractivity contribution in [2.75, 3.05) is 26.4 Å². The van der Waals surface area contributed by atoms with Crippen LogP contribution in [0.4, 0.5) is 0 Å². The molecule has 1 aliphatic rings. The molecular formula is C16H25ClN2O3. The summed E-state index contributed by atoms with van der Waals surface area (Å²) in [6, 6.07) is 10.1. The summed E-state index contributed by atoms with van der Waals surface area (Å²) in [7, 11) is 0. The van der Waals surface area contributed by atoms with Gasteiger partial charge in [0.1, 0.15) is 19.0 Å². The molecule has 124 valence electrons. The lowest BCUT2D eigenvalue weighted by Crippen LogP contribution is -2.52. The zero-order valence-electron chi connectivity index (χ0n) is 12.9. The van der Waals surface area contributed by atoms with E-state index in [0.29, 0.717) is 19.3 Å². The van der Waals surface area contributed by atoms with Gasteiger partial charge in [-0.1, -0.05) is 18.2 Å². The van der Waals surface area contributed by atoms with E-state index in [0.717, 1.165) is 25.1 Å². The van der Waals surface area contributed by atoms with Crippen LogP contribution in [-0.2, 0) is 9.53 Å². The normalized spacial score (nSPS) is 20.8. The van der Waals surface area contributed by atoms with Gasteiger partial charge < -0.3 is 20.1 Å². The summed E-state index contributed by atoms with van der Waals surface area (Å²) in [5.74, 6) is 0.753. The molecule has 1 aromatic rings. The van der Waals surface area contributed by atoms with Gasteiger partial charge in [0.2, 0.25) is 5.91 Å². The number of amides is 1. The van der Waals surface area contributed by atoms with Crippen LogP contribution in [0.3, 0.4) is 0 Å². The highest BCUT2D eigenvalue weighted by atomic mass is 35.5. The lowest BCUT2D eigenvalue weighted by Gasteiger charge is -2.30. The van der Waals surface area contributed by atoms with E-state index in [1.807, 2.05) is 30.3 Å². The third-order valence-corrected chi connectivity index (χ3v) is 3.58. The molecule has 1 amide bonds. The first kappa shape index (κ1) is 18.7. The zero-order chi connectivity index (χ0) is 14.9. The summed E-state index contributed by atoms with van der Waals surface area (Å²) in [5.41, 5.74) is 0. The molecule has 1 fully saturated rings. The van der Waals surface area contributed by atoms with E-state index in [9.17, 15) is 4.79 Å². The minimum atomic E-state index is -0.0599. The van der Waals surface area contributed by atoms with E-state index in [2.05, 4.69) is 17.6 Å². The lowest BCUT2D eigenvalue weighted by molar-refractivity contribution is -0.127. The van der Waals surface area contributed by atoms with Crippen LogP contribution >= 0.6 is 12.4 Å². The van der Waals surface area contributed by atoms with Crippen LogP contribution in [-0.4, -0.2) is 44.4 Å². The molecule has 6 heteroatoms. The van der Waals surface area contributed by atoms with Crippen LogP contribution in [0.5, 0.6) is 5.75 Å². The van der Waals surface area contributed by atoms with Crippen LogP contribution < -0.4 is 15.4 Å². The molecule has 0 saturated carbocycles. The average Bonchev–Trinajstić information content (AvgIpc) is 2.50. The number of benzene rings is 1. The number of hydrogen-bond donors (Lipinski definition) is 2. The van der Waals surface area contributed by atoms with Crippen LogP contribution in [0.15, 0.2) is 30.3 Å². The maximum Gasteiger partial charge on any atom is 0.246 e. The van der Waals surface area contributed by atoms with Gasteiger partial charge in [0.15, 0.2) is 0 Å². The third-order valence-electron chi connectivity index (χ3n) is 3.58. The van der Waals surface area contributed by atoms with Crippen molar-refractivity contribution in [2.24, 2.45) is 0 Å². The molecule has 1 aromatic carbocycles. The Labute approximate surface area is 138 Å². The second kappa shape index (κ2) is 10.4. The molecule has 2 atom stereocenters. The maximum atomic E-state index is 11.8. The molecule has 2 N–H and O–H groups in total. The number of rotatable bonds is 7. The van der Waals surface area contributed by atoms with Crippen molar-refractivity contribution >= 4 is 18.3 Å². The van der Waals surface area contributed by atoms with Gasteiger partial charge in [0.05, 0.1) is 6.61 Å². The van der Waals surface area contributed by atoms with Crippen LogP contribution in [0.2, 0.25) is 0 Å². The van der Waals surface area contributed by atoms with Gasteiger partial charge in [-0.2, -0.15) is 0 Å². The number of piperidine rings is 1. The van der Waals surface area contributed by atoms with Crippen molar-refractivity contribution in [1.82, 2.24) is 10.6 Å². The molecule has 0 aliphatic carbocycles. The van der Waals surface area contributed by atoms with Crippen molar-refractivity contribution in [1.29, 1.82) is 0 Å². The van der Waals surface area contributed by atoms with Gasteiger partial charge in [-0.25, -0.2) is 0 Å². The minimum Gasteiger partial charge on any atom is -0.491 e. The molecule has 0 bridgehead atoms. The van der Waals surface area contributed by atoms with Gasteiger partial charge in [-0.15, -0.1) is 12.4 Å². The highest BCUT2D eigenvalue weighted by molar-refractivity contribution is 5.85. The first-order chi connectivity index (χ1) is 10.3. The molecule has 1 aliphatic heterocycles. The Morgan fingerprint density at radius 2 is 2.09 bits per heavy atom. The average molecular weight is 329 g/mol. The Bertz CT molecular complexity index is 431. The summed E-state index contributed by atoms with van der Waals surface area (Å²) in [6.07, 6.45) is 2.12. The second-order valence-electron chi connectivity index (χ2n) is 5.27. The zero-order valence-corrected chi connectivity index (χ0v) is 13.7. The van der Waals surface area contributed by atoms with Crippen LogP contribution in [0.25, 0.3) is 0 Å². The van der Waals surface area contributed by atoms with Crippen LogP contribution in [0, 0.1) is 0 Å². The molecule has 0 spiro atoms. The van der Waals surface area contributed by atoms with E-state index < -0.39 is 0 Å². The molecule has 0 radical (unpaired) electrons. The number of carbonyl (C=O) groups excluding carboxylic acids is 1. The molecular weight excluding hydrogens is 304 g/mol. The Kier molecular flexibility index (Phi) is 8.89. The first-order valence-electron chi connectivity index (χ1n) is 7.54. The van der Waals surface area contributed by atoms with Crippen molar-refractivity contribution in [3.8, 4) is 5.75 Å². The first-order valence-corrected chi connectivity index (χ1v) is 7.54. The fourth-order valence-corrected chi connectivity index (χ4v) is 2.39. The Morgan fingerprint density at radius 1 is 1.32 bits per heavy atom. The Morgan fingerprint density at radius 3 is 2.82 bits per heavy atom. The van der Waals surface area contributed by atoms with Crippen LogP contribution in [0.1, 0.15) is 19.8 Å². The second-order valence-corrected chi connectivity index (χ2v) is 5.27. The number of carbonyl (C=O) groups is 1. The summed E-state index contributed by atoms with van der Waals surface area (Å²) in [6.45, 7) is 4.06. The number of ether oxygens (including phenoxy) is 2. The quantitative estimate of drug-likeness (QED) is 0.749. The van der Waals surface area contributed by atoms with Gasteiger partial charge in [0.25, 0.3) is 0 Å². The van der Waals surface area contributed by atoms with E-state index in [-0.39, 0.29) is 31.0 Å². The summed E-state index contributed by atoms with van der Waals surface area (Å²) >= 11 is 0. The van der Waals surface area contributed by atoms with Gasteiger partial charge in [0, 0.05) is 12.1 Å². The highest BCUT2D eigenvalue weighted by Crippen LogP contribution is 2.08. The molecule has 5 nitrogen and oxygen atoms in total. The SMILES string of the molecule is CC1NCCCC1NC(=O)COCCOc1ccccc1.Cl. The number of nitrogens with one attached hydrogen (secondary N) is 2. The molecule has 2 unspecified atom stereocenters. The maximum absolute atomic E-state index is 11.8. The lowest BCUT2D eigenvalue weighted by atomic mass is 10.00. The van der Waals surface area contributed by atoms with Crippen molar-refractivity contribution in [2.45, 2.75) is 31.8 Å². The summed E-state index contributed by atoms with van der Waals surface area (Å²) in [4.78, 5) is 11.8. The minimum absolute atomic E-state index is 0. The van der Waals surface area contributed by atoms with Crippen molar-refractivity contribution in [3.63, 3.8) is 0 Å². The Balaban J connectivity index is 0.00000242. The molecule has 22 heavy (non-hydrogen) atoms. The van der Waals surface area contributed by atoms with Gasteiger partial charge in [-0.05, 0) is 38.4 Å². The largest absolute Gasteiger partial charge is 0.491 e. The molecule has 1 heterocycles. The standard InChI is InChI=1S/C16H24N2O3.ClH/c1-13-15(8-5-9-17-13)18-16(19)12-20-10-11-21-14-6-3-2-4-7-14;/h2-4,6-7,13,15,17H,5,8-12H2,1H3,(H,18,19);1H. The smallest absolute Gasteiger partial charge is 0.246 e. The van der Waals surface area contributed by atoms with Gasteiger partial charge >= 0.3 is 0 Å². The fourth-order valence-electron chi connectivity index (χ4n) is 2.39.